The number of hydrogen-bond donors (Lipinski definition) is 1. The van der Waals surface area contributed by atoms with Gasteiger partial charge in [-0.3, -0.25) is 14.7 Å². The number of pyridine rings is 2. The largest absolute Gasteiger partial charge is 0.478 e. The number of nitrogens with one attached hydrogen (secondary N) is 1. The maximum Gasteiger partial charge on any atom is 0.225 e. The van der Waals surface area contributed by atoms with Gasteiger partial charge in [0.15, 0.2) is 0 Å². The number of rotatable bonds is 8. The lowest BCUT2D eigenvalue weighted by molar-refractivity contribution is -0.127. The molecule has 6 heteroatoms. The van der Waals surface area contributed by atoms with E-state index >= 15 is 0 Å². The fourth-order valence-corrected chi connectivity index (χ4v) is 4.25. The molecule has 1 N–H and O–H groups in total. The fourth-order valence-electron chi connectivity index (χ4n) is 4.25. The molecule has 1 saturated heterocycles. The number of hydrogen-bond acceptors (Lipinski definition) is 5. The number of carbonyl (C=O) groups is 1. The van der Waals surface area contributed by atoms with E-state index in [-0.39, 0.29) is 17.9 Å². The van der Waals surface area contributed by atoms with E-state index in [0.717, 1.165) is 49.3 Å². The number of carbonyl (C=O) groups excluding carboxylic acids is 1. The van der Waals surface area contributed by atoms with Crippen LogP contribution in [0.3, 0.4) is 0 Å². The van der Waals surface area contributed by atoms with Gasteiger partial charge >= 0.3 is 0 Å². The highest BCUT2D eigenvalue weighted by Crippen LogP contribution is 2.25. The molecule has 1 fully saturated rings. The molecular weight excluding hydrogens is 400 g/mol. The van der Waals surface area contributed by atoms with E-state index in [1.165, 1.54) is 0 Å². The molecule has 166 valence electrons. The van der Waals surface area contributed by atoms with Gasteiger partial charge in [0.25, 0.3) is 0 Å². The molecule has 0 aliphatic carbocycles. The minimum Gasteiger partial charge on any atom is -0.478 e. The topological polar surface area (TPSA) is 67.3 Å². The Morgan fingerprint density at radius 1 is 1.09 bits per heavy atom. The molecule has 4 rings (SSSR count). The summed E-state index contributed by atoms with van der Waals surface area (Å²) in [5.74, 6) is 0.692. The van der Waals surface area contributed by atoms with Gasteiger partial charge in [0.1, 0.15) is 0 Å². The third-order valence-electron chi connectivity index (χ3n) is 5.80. The van der Waals surface area contributed by atoms with Crippen LogP contribution in [-0.4, -0.2) is 40.5 Å². The van der Waals surface area contributed by atoms with E-state index in [4.69, 9.17) is 4.74 Å². The second-order valence-electron chi connectivity index (χ2n) is 8.08. The van der Waals surface area contributed by atoms with E-state index < -0.39 is 0 Å². The summed E-state index contributed by atoms with van der Waals surface area (Å²) in [4.78, 5) is 24.5. The summed E-state index contributed by atoms with van der Waals surface area (Å²) in [5, 5.41) is 3.27. The highest BCUT2D eigenvalue weighted by atomic mass is 16.5. The number of aromatic nitrogens is 2. The maximum absolute atomic E-state index is 13.3. The lowest BCUT2D eigenvalue weighted by Gasteiger charge is -2.33. The quantitative estimate of drug-likeness (QED) is 0.585. The average Bonchev–Trinajstić information content (AvgIpc) is 2.85. The molecule has 32 heavy (non-hydrogen) atoms. The van der Waals surface area contributed by atoms with Gasteiger partial charge in [0.05, 0.1) is 24.3 Å². The van der Waals surface area contributed by atoms with Crippen molar-refractivity contribution in [3.8, 4) is 5.88 Å². The Kier molecular flexibility index (Phi) is 7.46. The molecule has 1 aliphatic rings. The molecule has 3 heterocycles. The minimum absolute atomic E-state index is 0.0640. The van der Waals surface area contributed by atoms with Gasteiger partial charge in [0, 0.05) is 31.0 Å². The molecule has 2 unspecified atom stereocenters. The van der Waals surface area contributed by atoms with Crippen LogP contribution < -0.4 is 10.1 Å². The highest BCUT2D eigenvalue weighted by Gasteiger charge is 2.29. The lowest BCUT2D eigenvalue weighted by Crippen LogP contribution is -2.44. The number of piperidine rings is 1. The summed E-state index contributed by atoms with van der Waals surface area (Å²) in [6.45, 7) is 4.96. The Labute approximate surface area is 189 Å². The summed E-state index contributed by atoms with van der Waals surface area (Å²) >= 11 is 0. The van der Waals surface area contributed by atoms with Crippen molar-refractivity contribution in [2.75, 3.05) is 19.7 Å². The maximum atomic E-state index is 13.3. The van der Waals surface area contributed by atoms with Gasteiger partial charge in [-0.1, -0.05) is 42.5 Å². The van der Waals surface area contributed by atoms with Crippen LogP contribution >= 0.6 is 0 Å². The highest BCUT2D eigenvalue weighted by molar-refractivity contribution is 5.80. The SMILES string of the molecule is CCOc1ncccc1CN1CCCC(C(=O)NC(c2ccccc2)c2ccccn2)C1. The minimum atomic E-state index is -0.261. The van der Waals surface area contributed by atoms with Gasteiger partial charge in [-0.25, -0.2) is 4.98 Å². The molecule has 0 spiro atoms. The standard InChI is InChI=1S/C26H30N4O2/c1-2-32-26-22(12-8-16-28-26)19-30-17-9-13-21(18-30)25(31)29-24(20-10-4-3-5-11-20)23-14-6-7-15-27-23/h3-8,10-12,14-16,21,24H,2,9,13,17-19H2,1H3,(H,29,31). The summed E-state index contributed by atoms with van der Waals surface area (Å²) in [5.41, 5.74) is 2.94. The van der Waals surface area contributed by atoms with Gasteiger partial charge in [-0.2, -0.15) is 0 Å². The van der Waals surface area contributed by atoms with Crippen LogP contribution in [0.4, 0.5) is 0 Å². The van der Waals surface area contributed by atoms with Crippen molar-refractivity contribution >= 4 is 5.91 Å². The zero-order chi connectivity index (χ0) is 22.2. The first kappa shape index (κ1) is 22.0. The first-order valence-corrected chi connectivity index (χ1v) is 11.3. The van der Waals surface area contributed by atoms with Crippen LogP contribution in [0.1, 0.15) is 42.6 Å². The third kappa shape index (κ3) is 5.51. The second kappa shape index (κ2) is 10.9. The number of likely N-dealkylation sites (tertiary alicyclic amines) is 1. The van der Waals surface area contributed by atoms with Gasteiger partial charge in [-0.15, -0.1) is 0 Å². The Hall–Kier alpha value is -3.25. The molecule has 1 aromatic carbocycles. The predicted octanol–water partition coefficient (Wildman–Crippen LogP) is 3.99. The van der Waals surface area contributed by atoms with Gasteiger partial charge in [-0.05, 0) is 50.1 Å². The Morgan fingerprint density at radius 3 is 2.69 bits per heavy atom. The monoisotopic (exact) mass is 430 g/mol. The van der Waals surface area contributed by atoms with Crippen LogP contribution in [0.15, 0.2) is 73.1 Å². The summed E-state index contributed by atoms with van der Waals surface area (Å²) in [6, 6.07) is 19.6. The van der Waals surface area contributed by atoms with E-state index in [1.54, 1.807) is 12.4 Å². The molecule has 0 saturated carbocycles. The zero-order valence-corrected chi connectivity index (χ0v) is 18.5. The van der Waals surface area contributed by atoms with Crippen molar-refractivity contribution in [3.63, 3.8) is 0 Å². The van der Waals surface area contributed by atoms with E-state index in [1.807, 2.05) is 67.6 Å². The van der Waals surface area contributed by atoms with Gasteiger partial charge < -0.3 is 10.1 Å². The summed E-state index contributed by atoms with van der Waals surface area (Å²) in [6.07, 6.45) is 5.39. The smallest absolute Gasteiger partial charge is 0.225 e. The van der Waals surface area contributed by atoms with Crippen molar-refractivity contribution in [2.45, 2.75) is 32.4 Å². The molecular formula is C26H30N4O2. The second-order valence-corrected chi connectivity index (χ2v) is 8.08. The van der Waals surface area contributed by atoms with Crippen molar-refractivity contribution in [3.05, 3.63) is 89.9 Å². The van der Waals surface area contributed by atoms with Crippen LogP contribution in [0.2, 0.25) is 0 Å². The third-order valence-corrected chi connectivity index (χ3v) is 5.80. The van der Waals surface area contributed by atoms with Crippen LogP contribution in [0.25, 0.3) is 0 Å². The average molecular weight is 431 g/mol. The Balaban J connectivity index is 1.45. The van der Waals surface area contributed by atoms with E-state index in [9.17, 15) is 4.79 Å². The van der Waals surface area contributed by atoms with E-state index in [0.29, 0.717) is 12.5 Å². The number of ether oxygens (including phenoxy) is 1. The van der Waals surface area contributed by atoms with Crippen molar-refractivity contribution in [1.29, 1.82) is 0 Å². The first-order valence-electron chi connectivity index (χ1n) is 11.3. The predicted molar refractivity (Wildman–Crippen MR) is 124 cm³/mol. The first-order chi connectivity index (χ1) is 15.7. The fraction of sp³-hybridized carbons (Fsp3) is 0.346. The molecule has 3 aromatic rings. The number of amides is 1. The van der Waals surface area contributed by atoms with Crippen molar-refractivity contribution in [2.24, 2.45) is 5.92 Å². The van der Waals surface area contributed by atoms with Crippen LogP contribution in [0.5, 0.6) is 5.88 Å². The molecule has 1 amide bonds. The van der Waals surface area contributed by atoms with Crippen molar-refractivity contribution in [1.82, 2.24) is 20.2 Å². The normalized spacial score (nSPS) is 17.5. The Morgan fingerprint density at radius 2 is 1.91 bits per heavy atom. The Bertz CT molecular complexity index is 957. The van der Waals surface area contributed by atoms with Crippen LogP contribution in [-0.2, 0) is 11.3 Å². The molecule has 2 atom stereocenters. The summed E-state index contributed by atoms with van der Waals surface area (Å²) < 4.78 is 5.68. The number of benzene rings is 1. The number of nitrogens with zero attached hydrogens (tertiary/aromatic N) is 3. The van der Waals surface area contributed by atoms with Crippen molar-refractivity contribution < 1.29 is 9.53 Å². The molecule has 0 radical (unpaired) electrons. The molecule has 0 bridgehead atoms. The summed E-state index contributed by atoms with van der Waals surface area (Å²) in [7, 11) is 0. The molecule has 2 aromatic heterocycles. The molecule has 6 nitrogen and oxygen atoms in total. The van der Waals surface area contributed by atoms with E-state index in [2.05, 4.69) is 20.2 Å². The zero-order valence-electron chi connectivity index (χ0n) is 18.5. The van der Waals surface area contributed by atoms with Gasteiger partial charge in [0.2, 0.25) is 11.8 Å². The van der Waals surface area contributed by atoms with Crippen LogP contribution in [0, 0.1) is 5.92 Å². The lowest BCUT2D eigenvalue weighted by atomic mass is 9.95. The molecule has 1 aliphatic heterocycles.